The summed E-state index contributed by atoms with van der Waals surface area (Å²) in [6.45, 7) is 5.07. The molecule has 0 saturated carbocycles. The fourth-order valence-electron chi connectivity index (χ4n) is 0.232. The first-order chi connectivity index (χ1) is 3.31. The molecule has 0 aromatic carbocycles. The van der Waals surface area contributed by atoms with Gasteiger partial charge in [0.15, 0.2) is 5.78 Å². The summed E-state index contributed by atoms with van der Waals surface area (Å²) in [5.41, 5.74) is 0. The number of allylic oxidation sites excluding steroid dienone is 3. The van der Waals surface area contributed by atoms with Gasteiger partial charge < -0.3 is 0 Å². The number of hydrogen-bond acceptors (Lipinski definition) is 1. The van der Waals surface area contributed by atoms with E-state index in [0.29, 0.717) is 0 Å². The van der Waals surface area contributed by atoms with Crippen LogP contribution in [0.3, 0.4) is 0 Å². The van der Waals surface area contributed by atoms with Gasteiger partial charge in [0.2, 0.25) is 0 Å². The van der Waals surface area contributed by atoms with Crippen LogP contribution < -0.4 is 0 Å². The Bertz CT molecular complexity index is 105. The van der Waals surface area contributed by atoms with Crippen molar-refractivity contribution in [2.75, 3.05) is 0 Å². The maximum atomic E-state index is 10.2. The molecule has 0 aromatic heterocycles. The van der Waals surface area contributed by atoms with E-state index in [1.54, 1.807) is 13.0 Å². The lowest BCUT2D eigenvalue weighted by Gasteiger charge is -1.72. The van der Waals surface area contributed by atoms with Gasteiger partial charge in [-0.2, -0.15) is 0 Å². The second-order valence-electron chi connectivity index (χ2n) is 1.11. The van der Waals surface area contributed by atoms with Gasteiger partial charge in [0.25, 0.3) is 0 Å². The topological polar surface area (TPSA) is 17.1 Å². The summed E-state index contributed by atoms with van der Waals surface area (Å²) < 4.78 is 0. The van der Waals surface area contributed by atoms with Gasteiger partial charge in [-0.05, 0) is 19.1 Å². The minimum absolute atomic E-state index is 0. The van der Waals surface area contributed by atoms with Crippen molar-refractivity contribution in [2.24, 2.45) is 0 Å². The largest absolute Gasteiger partial charge is 0.290 e. The first-order valence-electron chi connectivity index (χ1n) is 2.10. The molecule has 0 fully saturated rings. The Morgan fingerprint density at radius 3 is 2.25 bits per heavy atom. The quantitative estimate of drug-likeness (QED) is 0.523. The molecule has 0 amide bonds. The van der Waals surface area contributed by atoms with E-state index in [9.17, 15) is 4.79 Å². The van der Waals surface area contributed by atoms with Gasteiger partial charge in [0.1, 0.15) is 0 Å². The summed E-state index contributed by atoms with van der Waals surface area (Å²) in [6.07, 6.45) is 4.43. The zero-order valence-electron chi connectivity index (χ0n) is 4.76. The predicted octanol–water partition coefficient (Wildman–Crippen LogP) is 1.74. The molecule has 0 heterocycles. The van der Waals surface area contributed by atoms with E-state index in [-0.39, 0.29) is 18.2 Å². The van der Waals surface area contributed by atoms with Crippen LogP contribution in [0.1, 0.15) is 6.92 Å². The van der Waals surface area contributed by atoms with Crippen molar-refractivity contribution < 1.29 is 4.79 Å². The fourth-order valence-corrected chi connectivity index (χ4v) is 0.232. The van der Waals surface area contributed by atoms with Crippen LogP contribution in [0.5, 0.6) is 0 Å². The Morgan fingerprint density at radius 2 is 2.12 bits per heavy atom. The molecule has 0 radical (unpaired) electrons. The van der Waals surface area contributed by atoms with Gasteiger partial charge in [-0.1, -0.05) is 12.7 Å². The first kappa shape index (κ1) is 10.4. The van der Waals surface area contributed by atoms with Crippen molar-refractivity contribution in [3.05, 3.63) is 24.8 Å². The van der Waals surface area contributed by atoms with Crippen molar-refractivity contribution in [3.63, 3.8) is 0 Å². The van der Waals surface area contributed by atoms with Crippen molar-refractivity contribution in [1.29, 1.82) is 0 Å². The fraction of sp³-hybridized carbons (Fsp3) is 0.167. The van der Waals surface area contributed by atoms with Crippen molar-refractivity contribution in [2.45, 2.75) is 6.92 Å². The number of ketones is 1. The van der Waals surface area contributed by atoms with Gasteiger partial charge >= 0.3 is 0 Å². The number of halogens is 1. The van der Waals surface area contributed by atoms with Crippen LogP contribution in [-0.4, -0.2) is 5.78 Å². The minimum Gasteiger partial charge on any atom is -0.290 e. The summed E-state index contributed by atoms with van der Waals surface area (Å²) in [7, 11) is 0. The predicted molar refractivity (Wildman–Crippen MR) is 37.3 cm³/mol. The zero-order valence-corrected chi connectivity index (χ0v) is 5.57. The number of carbonyl (C=O) groups is 1. The second kappa shape index (κ2) is 6.44. The molecule has 0 aliphatic heterocycles. The van der Waals surface area contributed by atoms with Crippen LogP contribution in [0.25, 0.3) is 0 Å². The highest BCUT2D eigenvalue weighted by atomic mass is 35.5. The SMILES string of the molecule is C=CC(=O)C=CC.Cl. The summed E-state index contributed by atoms with van der Waals surface area (Å²) >= 11 is 0. The Morgan fingerprint density at radius 1 is 1.62 bits per heavy atom. The maximum absolute atomic E-state index is 10.2. The monoisotopic (exact) mass is 132 g/mol. The standard InChI is InChI=1S/C6H8O.ClH/c1-3-5-6(7)4-2;/h3-5H,2H2,1H3;1H. The lowest BCUT2D eigenvalue weighted by atomic mass is 10.3. The van der Waals surface area contributed by atoms with E-state index >= 15 is 0 Å². The molecule has 0 aliphatic rings. The van der Waals surface area contributed by atoms with Crippen molar-refractivity contribution >= 4 is 18.2 Å². The van der Waals surface area contributed by atoms with Gasteiger partial charge in [0, 0.05) is 0 Å². The molecular formula is C6H9ClO. The molecule has 0 bridgehead atoms. The molecule has 0 N–H and O–H groups in total. The molecule has 0 atom stereocenters. The third kappa shape index (κ3) is 5.44. The lowest BCUT2D eigenvalue weighted by Crippen LogP contribution is -1.80. The van der Waals surface area contributed by atoms with E-state index in [1.165, 1.54) is 12.2 Å². The highest BCUT2D eigenvalue weighted by molar-refractivity contribution is 5.98. The van der Waals surface area contributed by atoms with E-state index in [4.69, 9.17) is 0 Å². The summed E-state index contributed by atoms with van der Waals surface area (Å²) in [6, 6.07) is 0. The molecule has 0 aromatic rings. The molecule has 0 spiro atoms. The van der Waals surface area contributed by atoms with Gasteiger partial charge in [-0.3, -0.25) is 4.79 Å². The van der Waals surface area contributed by atoms with Crippen LogP contribution in [0.2, 0.25) is 0 Å². The molecule has 8 heavy (non-hydrogen) atoms. The molecule has 0 aliphatic carbocycles. The van der Waals surface area contributed by atoms with Gasteiger partial charge in [-0.25, -0.2) is 0 Å². The minimum atomic E-state index is -0.0394. The van der Waals surface area contributed by atoms with Gasteiger partial charge in [0.05, 0.1) is 0 Å². The summed E-state index contributed by atoms with van der Waals surface area (Å²) in [4.78, 5) is 10.2. The van der Waals surface area contributed by atoms with Crippen LogP contribution in [0.4, 0.5) is 0 Å². The van der Waals surface area contributed by atoms with Crippen LogP contribution in [-0.2, 0) is 4.79 Å². The smallest absolute Gasteiger partial charge is 0.177 e. The lowest BCUT2D eigenvalue weighted by molar-refractivity contribution is -0.110. The first-order valence-corrected chi connectivity index (χ1v) is 2.10. The normalized spacial score (nSPS) is 8.12. The highest BCUT2D eigenvalue weighted by Gasteiger charge is 1.78. The summed E-state index contributed by atoms with van der Waals surface area (Å²) in [5, 5.41) is 0. The number of hydrogen-bond donors (Lipinski definition) is 0. The van der Waals surface area contributed by atoms with E-state index < -0.39 is 0 Å². The second-order valence-corrected chi connectivity index (χ2v) is 1.11. The Labute approximate surface area is 55.5 Å². The molecule has 2 heteroatoms. The van der Waals surface area contributed by atoms with E-state index in [1.807, 2.05) is 0 Å². The third-order valence-electron chi connectivity index (χ3n) is 0.532. The Balaban J connectivity index is 0. The van der Waals surface area contributed by atoms with Crippen molar-refractivity contribution in [1.82, 2.24) is 0 Å². The molecule has 0 unspecified atom stereocenters. The number of rotatable bonds is 2. The van der Waals surface area contributed by atoms with E-state index in [2.05, 4.69) is 6.58 Å². The average molecular weight is 133 g/mol. The average Bonchev–Trinajstić information content (AvgIpc) is 1.68. The molecule has 1 nitrogen and oxygen atoms in total. The highest BCUT2D eigenvalue weighted by Crippen LogP contribution is 1.74. The zero-order chi connectivity index (χ0) is 5.70. The Kier molecular flexibility index (Phi) is 8.39. The molecule has 46 valence electrons. The van der Waals surface area contributed by atoms with Crippen LogP contribution in [0, 0.1) is 0 Å². The Hall–Kier alpha value is -0.560. The van der Waals surface area contributed by atoms with Gasteiger partial charge in [-0.15, -0.1) is 12.4 Å². The number of carbonyl (C=O) groups excluding carboxylic acids is 1. The molecule has 0 saturated heterocycles. The van der Waals surface area contributed by atoms with E-state index in [0.717, 1.165) is 0 Å². The maximum Gasteiger partial charge on any atom is 0.177 e. The molecular weight excluding hydrogens is 124 g/mol. The third-order valence-corrected chi connectivity index (χ3v) is 0.532. The summed E-state index contributed by atoms with van der Waals surface area (Å²) in [5.74, 6) is -0.0394. The van der Waals surface area contributed by atoms with Crippen LogP contribution >= 0.6 is 12.4 Å². The van der Waals surface area contributed by atoms with Crippen LogP contribution in [0.15, 0.2) is 24.8 Å². The molecule has 0 rings (SSSR count). The van der Waals surface area contributed by atoms with Crippen molar-refractivity contribution in [3.8, 4) is 0 Å².